The van der Waals surface area contributed by atoms with Gasteiger partial charge in [-0.3, -0.25) is 0 Å². The first-order chi connectivity index (χ1) is 8.67. The van der Waals surface area contributed by atoms with Gasteiger partial charge in [-0.1, -0.05) is 19.1 Å². The number of hydrogen-bond acceptors (Lipinski definition) is 1. The summed E-state index contributed by atoms with van der Waals surface area (Å²) in [5.74, 6) is -0.252. The Balaban J connectivity index is 2.61. The number of rotatable bonds is 2. The number of nitrogens with zero attached hydrogens (tertiary/aromatic N) is 1. The fourth-order valence-corrected chi connectivity index (χ4v) is 2.39. The molecule has 0 bridgehead atoms. The molecule has 0 unspecified atom stereocenters. The van der Waals surface area contributed by atoms with Gasteiger partial charge in [0.2, 0.25) is 0 Å². The van der Waals surface area contributed by atoms with Crippen molar-refractivity contribution in [1.29, 1.82) is 5.26 Å². The third-order valence-corrected chi connectivity index (χ3v) is 3.47. The molecule has 2 aromatic carbocycles. The average molecular weight is 303 g/mol. The molecule has 0 saturated carbocycles. The van der Waals surface area contributed by atoms with E-state index in [-0.39, 0.29) is 5.82 Å². The Morgan fingerprint density at radius 1 is 1.44 bits per heavy atom. The molecule has 0 aromatic heterocycles. The predicted molar refractivity (Wildman–Crippen MR) is 72.5 cm³/mol. The molecule has 1 nitrogen and oxygen atoms in total. The van der Waals surface area contributed by atoms with Crippen molar-refractivity contribution in [1.82, 2.24) is 0 Å². The minimum atomic E-state index is -0.252. The van der Waals surface area contributed by atoms with E-state index >= 15 is 0 Å². The zero-order valence-corrected chi connectivity index (χ0v) is 11.4. The van der Waals surface area contributed by atoms with Crippen LogP contribution in [0.4, 0.5) is 4.39 Å². The summed E-state index contributed by atoms with van der Waals surface area (Å²) < 4.78 is 15.0. The first kappa shape index (κ1) is 12.8. The normalized spacial score (nSPS) is 10.1. The molecule has 18 heavy (non-hydrogen) atoms. The molecule has 0 atom stereocenters. The number of halogens is 2. The van der Waals surface area contributed by atoms with E-state index in [9.17, 15) is 4.39 Å². The van der Waals surface area contributed by atoms with Crippen molar-refractivity contribution >= 4 is 15.9 Å². The topological polar surface area (TPSA) is 23.8 Å². The molecule has 0 spiro atoms. The smallest absolute Gasteiger partial charge is 0.135 e. The summed E-state index contributed by atoms with van der Waals surface area (Å²) >= 11 is 3.29. The van der Waals surface area contributed by atoms with Crippen LogP contribution in [0.5, 0.6) is 0 Å². The molecule has 89 valence electrons. The van der Waals surface area contributed by atoms with E-state index in [2.05, 4.69) is 28.1 Å². The molecule has 2 rings (SSSR count). The third-order valence-electron chi connectivity index (χ3n) is 2.77. The summed E-state index contributed by atoms with van der Waals surface area (Å²) in [6.07, 6.45) is 0.592. The Bertz CT molecular complexity index is 629. The zero-order chi connectivity index (χ0) is 13.1. The summed E-state index contributed by atoms with van der Waals surface area (Å²) in [5.41, 5.74) is 2.31. The maximum atomic E-state index is 14.3. The largest absolute Gasteiger partial charge is 0.206 e. The van der Waals surface area contributed by atoms with Crippen molar-refractivity contribution in [3.05, 3.63) is 57.8 Å². The Kier molecular flexibility index (Phi) is 3.78. The average Bonchev–Trinajstić information content (AvgIpc) is 2.39. The maximum absolute atomic E-state index is 14.3. The van der Waals surface area contributed by atoms with Crippen molar-refractivity contribution < 1.29 is 4.39 Å². The first-order valence-corrected chi connectivity index (χ1v) is 6.35. The molecule has 2 aromatic rings. The Morgan fingerprint density at radius 2 is 2.22 bits per heavy atom. The number of nitriles is 1. The highest BCUT2D eigenvalue weighted by molar-refractivity contribution is 9.10. The minimum Gasteiger partial charge on any atom is -0.206 e. The van der Waals surface area contributed by atoms with Gasteiger partial charge in [-0.15, -0.1) is 0 Å². The van der Waals surface area contributed by atoms with Crippen molar-refractivity contribution in [3.8, 4) is 17.2 Å². The van der Waals surface area contributed by atoms with E-state index < -0.39 is 0 Å². The summed E-state index contributed by atoms with van der Waals surface area (Å²) in [5, 5.41) is 8.86. The van der Waals surface area contributed by atoms with Gasteiger partial charge < -0.3 is 0 Å². The van der Waals surface area contributed by atoms with Crippen molar-refractivity contribution in [3.63, 3.8) is 0 Å². The molecule has 0 heterocycles. The molecule has 3 heteroatoms. The highest BCUT2D eigenvalue weighted by atomic mass is 79.9. The van der Waals surface area contributed by atoms with Crippen LogP contribution in [0.1, 0.15) is 18.1 Å². The lowest BCUT2D eigenvalue weighted by Gasteiger charge is -2.09. The number of hydrogen-bond donors (Lipinski definition) is 0. The Morgan fingerprint density at radius 3 is 2.89 bits per heavy atom. The molecular weight excluding hydrogens is 293 g/mol. The summed E-state index contributed by atoms with van der Waals surface area (Å²) in [7, 11) is 0. The molecule has 0 amide bonds. The lowest BCUT2D eigenvalue weighted by molar-refractivity contribution is 0.614. The van der Waals surface area contributed by atoms with E-state index in [4.69, 9.17) is 5.26 Å². The van der Waals surface area contributed by atoms with Crippen LogP contribution < -0.4 is 0 Å². The van der Waals surface area contributed by atoms with E-state index in [0.717, 1.165) is 0 Å². The van der Waals surface area contributed by atoms with Crippen LogP contribution in [0.3, 0.4) is 0 Å². The van der Waals surface area contributed by atoms with Crippen molar-refractivity contribution in [2.75, 3.05) is 0 Å². The lowest BCUT2D eigenvalue weighted by Crippen LogP contribution is -1.94. The van der Waals surface area contributed by atoms with Crippen molar-refractivity contribution in [2.45, 2.75) is 13.3 Å². The zero-order valence-electron chi connectivity index (χ0n) is 9.80. The monoisotopic (exact) mass is 302 g/mol. The van der Waals surface area contributed by atoms with Gasteiger partial charge in [0.05, 0.1) is 11.6 Å². The van der Waals surface area contributed by atoms with E-state index in [1.165, 1.54) is 0 Å². The summed E-state index contributed by atoms with van der Waals surface area (Å²) in [6.45, 7) is 1.90. The van der Waals surface area contributed by atoms with Gasteiger partial charge in [-0.25, -0.2) is 4.39 Å². The van der Waals surface area contributed by atoms with Crippen LogP contribution in [0.25, 0.3) is 11.1 Å². The van der Waals surface area contributed by atoms with E-state index in [1.54, 1.807) is 30.3 Å². The van der Waals surface area contributed by atoms with Crippen LogP contribution in [0.15, 0.2) is 34.8 Å². The molecular formula is C15H10BrFN. The number of benzene rings is 2. The van der Waals surface area contributed by atoms with Crippen molar-refractivity contribution in [2.24, 2.45) is 0 Å². The van der Waals surface area contributed by atoms with Gasteiger partial charge in [0.15, 0.2) is 0 Å². The van der Waals surface area contributed by atoms with Crippen LogP contribution >= 0.6 is 15.9 Å². The van der Waals surface area contributed by atoms with Gasteiger partial charge in [0, 0.05) is 15.6 Å². The molecule has 0 N–H and O–H groups in total. The van der Waals surface area contributed by atoms with Gasteiger partial charge in [0.1, 0.15) is 5.82 Å². The molecule has 0 aliphatic carbocycles. The third kappa shape index (κ3) is 2.30. The Labute approximate surface area is 114 Å². The first-order valence-electron chi connectivity index (χ1n) is 5.56. The fraction of sp³-hybridized carbons (Fsp3) is 0.133. The standard InChI is InChI=1S/C15H10BrFN/c1-2-12-14(16)7-6-13(15(12)17)11-5-3-4-10(8-11)9-18/h3-6,8H,2H2,1H3. The maximum Gasteiger partial charge on any atom is 0.135 e. The van der Waals surface area contributed by atoms with E-state index in [1.807, 2.05) is 6.92 Å². The molecule has 0 fully saturated rings. The van der Waals surface area contributed by atoms with Gasteiger partial charge >= 0.3 is 0 Å². The second-order valence-corrected chi connectivity index (χ2v) is 4.65. The second-order valence-electron chi connectivity index (χ2n) is 3.86. The summed E-state index contributed by atoms with van der Waals surface area (Å²) in [6, 6.07) is 13.6. The van der Waals surface area contributed by atoms with Crippen LogP contribution in [-0.4, -0.2) is 0 Å². The fourth-order valence-electron chi connectivity index (χ4n) is 1.82. The van der Waals surface area contributed by atoms with Crippen LogP contribution in [-0.2, 0) is 6.42 Å². The quantitative estimate of drug-likeness (QED) is 0.802. The molecule has 1 radical (unpaired) electrons. The molecule has 0 saturated heterocycles. The predicted octanol–water partition coefficient (Wildman–Crippen LogP) is 4.49. The van der Waals surface area contributed by atoms with Gasteiger partial charge in [-0.2, -0.15) is 5.26 Å². The minimum absolute atomic E-state index is 0.252. The highest BCUT2D eigenvalue weighted by Gasteiger charge is 2.12. The Hall–Kier alpha value is -1.66. The molecule has 0 aliphatic rings. The molecule has 0 aliphatic heterocycles. The lowest BCUT2D eigenvalue weighted by atomic mass is 9.99. The highest BCUT2D eigenvalue weighted by Crippen LogP contribution is 2.30. The van der Waals surface area contributed by atoms with Crippen LogP contribution in [0, 0.1) is 23.2 Å². The SMILES string of the molecule is CCc1c(Br)[c]cc(-c2cccc(C#N)c2)c1F. The summed E-state index contributed by atoms with van der Waals surface area (Å²) in [4.78, 5) is 0. The van der Waals surface area contributed by atoms with Gasteiger partial charge in [-0.05, 0) is 52.2 Å². The second kappa shape index (κ2) is 5.32. The van der Waals surface area contributed by atoms with E-state index in [0.29, 0.717) is 33.1 Å². The van der Waals surface area contributed by atoms with Crippen LogP contribution in [0.2, 0.25) is 0 Å². The van der Waals surface area contributed by atoms with Gasteiger partial charge in [0.25, 0.3) is 0 Å².